The molecule has 5 nitrogen and oxygen atoms in total. The maximum absolute atomic E-state index is 12.4. The molecule has 0 saturated carbocycles. The van der Waals surface area contributed by atoms with Crippen molar-refractivity contribution in [3.63, 3.8) is 0 Å². The fourth-order valence-corrected chi connectivity index (χ4v) is 1.86. The van der Waals surface area contributed by atoms with Crippen molar-refractivity contribution in [2.45, 2.75) is 38.8 Å². The zero-order valence-electron chi connectivity index (χ0n) is 11.0. The van der Waals surface area contributed by atoms with E-state index < -0.39 is 12.7 Å². The molecule has 0 aliphatic heterocycles. The van der Waals surface area contributed by atoms with E-state index in [0.717, 1.165) is 4.57 Å². The van der Waals surface area contributed by atoms with E-state index in [1.807, 2.05) is 19.2 Å². The normalized spacial score (nSPS) is 13.6. The van der Waals surface area contributed by atoms with Gasteiger partial charge in [-0.2, -0.15) is 18.3 Å². The predicted octanol–water partition coefficient (Wildman–Crippen LogP) is 1.82. The summed E-state index contributed by atoms with van der Waals surface area (Å²) in [7, 11) is 0. The summed E-state index contributed by atoms with van der Waals surface area (Å²) in [5.74, 6) is 0.370. The van der Waals surface area contributed by atoms with Gasteiger partial charge in [-0.25, -0.2) is 4.98 Å². The van der Waals surface area contributed by atoms with Crippen LogP contribution in [0.25, 0.3) is 0 Å². The minimum absolute atomic E-state index is 0.0749. The van der Waals surface area contributed by atoms with Gasteiger partial charge in [0, 0.05) is 30.8 Å². The third-order valence-corrected chi connectivity index (χ3v) is 2.78. The van der Waals surface area contributed by atoms with Crippen LogP contribution in [-0.4, -0.2) is 31.5 Å². The van der Waals surface area contributed by atoms with Crippen LogP contribution in [0.3, 0.4) is 0 Å². The molecule has 2 rings (SSSR count). The molecule has 0 aromatic carbocycles. The Kier molecular flexibility index (Phi) is 4.43. The van der Waals surface area contributed by atoms with Crippen LogP contribution in [0.1, 0.15) is 12.7 Å². The van der Waals surface area contributed by atoms with Gasteiger partial charge >= 0.3 is 6.18 Å². The summed E-state index contributed by atoms with van der Waals surface area (Å²) < 4.78 is 40.0. The van der Waals surface area contributed by atoms with Crippen LogP contribution in [0.2, 0.25) is 0 Å². The third kappa shape index (κ3) is 4.37. The van der Waals surface area contributed by atoms with E-state index in [2.05, 4.69) is 15.4 Å². The lowest BCUT2D eigenvalue weighted by molar-refractivity contribution is -0.141. The van der Waals surface area contributed by atoms with Gasteiger partial charge in [0.25, 0.3) is 0 Å². The SMILES string of the molecule is C[C@@H](Cn1cccn1)NCc1nccn1CC(F)(F)F. The average molecular weight is 287 g/mol. The Hall–Kier alpha value is -1.83. The molecule has 0 fully saturated rings. The highest BCUT2D eigenvalue weighted by atomic mass is 19.4. The van der Waals surface area contributed by atoms with Crippen LogP contribution in [0, 0.1) is 0 Å². The smallest absolute Gasteiger partial charge is 0.325 e. The minimum Gasteiger partial charge on any atom is -0.325 e. The Balaban J connectivity index is 1.86. The fraction of sp³-hybridized carbons (Fsp3) is 0.500. The van der Waals surface area contributed by atoms with Crippen LogP contribution < -0.4 is 5.32 Å². The van der Waals surface area contributed by atoms with Crippen LogP contribution >= 0.6 is 0 Å². The molecule has 1 N–H and O–H groups in total. The molecule has 0 unspecified atom stereocenters. The van der Waals surface area contributed by atoms with E-state index >= 15 is 0 Å². The number of halogens is 3. The van der Waals surface area contributed by atoms with Crippen molar-refractivity contribution in [1.82, 2.24) is 24.6 Å². The summed E-state index contributed by atoms with van der Waals surface area (Å²) in [5.41, 5.74) is 0. The van der Waals surface area contributed by atoms with Gasteiger partial charge in [-0.15, -0.1) is 0 Å². The quantitative estimate of drug-likeness (QED) is 0.881. The number of nitrogens with zero attached hydrogens (tertiary/aromatic N) is 4. The Bertz CT molecular complexity index is 517. The molecule has 20 heavy (non-hydrogen) atoms. The summed E-state index contributed by atoms with van der Waals surface area (Å²) in [6, 6.07) is 1.90. The Morgan fingerprint density at radius 2 is 2.10 bits per heavy atom. The third-order valence-electron chi connectivity index (χ3n) is 2.78. The number of nitrogens with one attached hydrogen (secondary N) is 1. The van der Waals surface area contributed by atoms with Crippen LogP contribution in [0.4, 0.5) is 13.2 Å². The second-order valence-corrected chi connectivity index (χ2v) is 4.60. The van der Waals surface area contributed by atoms with Gasteiger partial charge < -0.3 is 9.88 Å². The standard InChI is InChI=1S/C12H16F3N5/c1-10(8-20-5-2-3-18-20)17-7-11-16-4-6-19(11)9-12(13,14)15/h2-6,10,17H,7-9H2,1H3/t10-/m0/s1. The van der Waals surface area contributed by atoms with Crippen molar-refractivity contribution < 1.29 is 13.2 Å². The molecule has 0 spiro atoms. The monoisotopic (exact) mass is 287 g/mol. The number of hydrogen-bond acceptors (Lipinski definition) is 3. The highest BCUT2D eigenvalue weighted by Gasteiger charge is 2.28. The van der Waals surface area contributed by atoms with Gasteiger partial charge in [0.1, 0.15) is 12.4 Å². The van der Waals surface area contributed by atoms with Crippen molar-refractivity contribution in [1.29, 1.82) is 0 Å². The van der Waals surface area contributed by atoms with Gasteiger partial charge in [-0.05, 0) is 13.0 Å². The summed E-state index contributed by atoms with van der Waals surface area (Å²) in [4.78, 5) is 3.95. The average Bonchev–Trinajstić information content (AvgIpc) is 2.96. The van der Waals surface area contributed by atoms with Gasteiger partial charge in [0.05, 0.1) is 13.1 Å². The molecular formula is C12H16F3N5. The van der Waals surface area contributed by atoms with E-state index in [9.17, 15) is 13.2 Å². The van der Waals surface area contributed by atoms with Crippen LogP contribution in [-0.2, 0) is 19.6 Å². The van der Waals surface area contributed by atoms with E-state index in [1.54, 1.807) is 10.9 Å². The second-order valence-electron chi connectivity index (χ2n) is 4.60. The highest BCUT2D eigenvalue weighted by molar-refractivity contribution is 4.93. The molecule has 2 aromatic rings. The van der Waals surface area contributed by atoms with E-state index in [0.29, 0.717) is 12.4 Å². The maximum Gasteiger partial charge on any atom is 0.406 e. The van der Waals surface area contributed by atoms with Gasteiger partial charge in [0.15, 0.2) is 0 Å². The zero-order valence-corrected chi connectivity index (χ0v) is 11.0. The van der Waals surface area contributed by atoms with Crippen molar-refractivity contribution in [3.05, 3.63) is 36.7 Å². The van der Waals surface area contributed by atoms with E-state index in [4.69, 9.17) is 0 Å². The highest BCUT2D eigenvalue weighted by Crippen LogP contribution is 2.18. The number of rotatable bonds is 6. The van der Waals surface area contributed by atoms with E-state index in [-0.39, 0.29) is 12.6 Å². The fourth-order valence-electron chi connectivity index (χ4n) is 1.86. The molecule has 0 amide bonds. The number of alkyl halides is 3. The first-order valence-electron chi connectivity index (χ1n) is 6.21. The van der Waals surface area contributed by atoms with Crippen molar-refractivity contribution in [3.8, 4) is 0 Å². The summed E-state index contributed by atoms with van der Waals surface area (Å²) in [6.07, 6.45) is 1.99. The molecule has 0 radical (unpaired) electrons. The lowest BCUT2D eigenvalue weighted by atomic mass is 10.3. The molecule has 0 aliphatic rings. The minimum atomic E-state index is -4.24. The number of hydrogen-bond donors (Lipinski definition) is 1. The molecule has 0 aliphatic carbocycles. The Labute approximate surface area is 114 Å². The first kappa shape index (κ1) is 14.6. The molecule has 2 aromatic heterocycles. The predicted molar refractivity (Wildman–Crippen MR) is 66.8 cm³/mol. The van der Waals surface area contributed by atoms with Crippen LogP contribution in [0.15, 0.2) is 30.9 Å². The van der Waals surface area contributed by atoms with Gasteiger partial charge in [0.2, 0.25) is 0 Å². The summed E-state index contributed by atoms with van der Waals surface area (Å²) >= 11 is 0. The van der Waals surface area contributed by atoms with Gasteiger partial charge in [-0.1, -0.05) is 0 Å². The molecular weight excluding hydrogens is 271 g/mol. The number of aromatic nitrogens is 4. The summed E-state index contributed by atoms with van der Waals surface area (Å²) in [5, 5.41) is 7.21. The molecule has 8 heteroatoms. The van der Waals surface area contributed by atoms with Gasteiger partial charge in [-0.3, -0.25) is 4.68 Å². The largest absolute Gasteiger partial charge is 0.406 e. The van der Waals surface area contributed by atoms with Crippen molar-refractivity contribution in [2.24, 2.45) is 0 Å². The summed E-state index contributed by atoms with van der Waals surface area (Å²) in [6.45, 7) is 1.86. The lowest BCUT2D eigenvalue weighted by Gasteiger charge is -2.15. The first-order valence-corrected chi connectivity index (χ1v) is 6.21. The molecule has 0 saturated heterocycles. The molecule has 0 bridgehead atoms. The van der Waals surface area contributed by atoms with Crippen molar-refractivity contribution >= 4 is 0 Å². The molecule has 1 atom stereocenters. The maximum atomic E-state index is 12.4. The topological polar surface area (TPSA) is 47.7 Å². The van der Waals surface area contributed by atoms with E-state index in [1.165, 1.54) is 12.4 Å². The molecule has 2 heterocycles. The van der Waals surface area contributed by atoms with Crippen LogP contribution in [0.5, 0.6) is 0 Å². The molecule has 110 valence electrons. The number of imidazole rings is 1. The Morgan fingerprint density at radius 1 is 1.30 bits per heavy atom. The Morgan fingerprint density at radius 3 is 2.75 bits per heavy atom. The second kappa shape index (κ2) is 6.08. The zero-order chi connectivity index (χ0) is 14.6. The van der Waals surface area contributed by atoms with Crippen molar-refractivity contribution in [2.75, 3.05) is 0 Å². The first-order chi connectivity index (χ1) is 9.44. The lowest BCUT2D eigenvalue weighted by Crippen LogP contribution is -2.31.